The lowest BCUT2D eigenvalue weighted by molar-refractivity contribution is -0.118. The summed E-state index contributed by atoms with van der Waals surface area (Å²) in [5.74, 6) is 2.32. The van der Waals surface area contributed by atoms with Crippen LogP contribution in [0.15, 0.2) is 29.4 Å². The van der Waals surface area contributed by atoms with Gasteiger partial charge in [0, 0.05) is 18.2 Å². The first-order valence-corrected chi connectivity index (χ1v) is 11.0. The molecule has 29 heavy (non-hydrogen) atoms. The number of rotatable bonds is 8. The molecule has 8 heteroatoms. The molecular weight excluding hydrogens is 386 g/mol. The van der Waals surface area contributed by atoms with Crippen molar-refractivity contribution in [1.82, 2.24) is 20.1 Å². The molecule has 0 spiro atoms. The third-order valence-electron chi connectivity index (χ3n) is 5.30. The molecule has 1 aliphatic rings. The van der Waals surface area contributed by atoms with Crippen LogP contribution in [0, 0.1) is 17.2 Å². The fourth-order valence-corrected chi connectivity index (χ4v) is 4.55. The second kappa shape index (κ2) is 10.3. The van der Waals surface area contributed by atoms with E-state index in [9.17, 15) is 4.79 Å². The first-order valence-electron chi connectivity index (χ1n) is 9.99. The van der Waals surface area contributed by atoms with Crippen LogP contribution in [0.3, 0.4) is 0 Å². The molecule has 2 atom stereocenters. The maximum Gasteiger partial charge on any atom is 0.230 e. The Kier molecular flexibility index (Phi) is 7.53. The Morgan fingerprint density at radius 3 is 2.76 bits per heavy atom. The van der Waals surface area contributed by atoms with Gasteiger partial charge in [0.1, 0.15) is 5.75 Å². The zero-order valence-corrected chi connectivity index (χ0v) is 17.7. The third kappa shape index (κ3) is 5.30. The Morgan fingerprint density at radius 2 is 2.07 bits per heavy atom. The van der Waals surface area contributed by atoms with Gasteiger partial charge in [-0.15, -0.1) is 10.2 Å². The summed E-state index contributed by atoms with van der Waals surface area (Å²) in [7, 11) is 1.65. The first kappa shape index (κ1) is 21.2. The van der Waals surface area contributed by atoms with Gasteiger partial charge in [0.05, 0.1) is 25.4 Å². The molecule has 0 aliphatic heterocycles. The minimum atomic E-state index is -0.0949. The van der Waals surface area contributed by atoms with Crippen LogP contribution in [0.5, 0.6) is 5.75 Å². The predicted octanol–water partition coefficient (Wildman–Crippen LogP) is 3.83. The molecule has 0 radical (unpaired) electrons. The van der Waals surface area contributed by atoms with E-state index in [2.05, 4.69) is 27.0 Å². The van der Waals surface area contributed by atoms with E-state index < -0.39 is 0 Å². The summed E-state index contributed by atoms with van der Waals surface area (Å²) in [4.78, 5) is 12.1. The van der Waals surface area contributed by atoms with Crippen LogP contribution in [-0.2, 0) is 4.79 Å². The van der Waals surface area contributed by atoms with Gasteiger partial charge in [0.25, 0.3) is 0 Å². The van der Waals surface area contributed by atoms with Crippen LogP contribution in [-0.4, -0.2) is 40.1 Å². The number of nitriles is 1. The number of carbonyl (C=O) groups is 1. The van der Waals surface area contributed by atoms with E-state index in [0.29, 0.717) is 24.9 Å². The molecule has 0 bridgehead atoms. The van der Waals surface area contributed by atoms with Crippen molar-refractivity contribution in [1.29, 1.82) is 5.26 Å². The summed E-state index contributed by atoms with van der Waals surface area (Å²) in [6.45, 7) is 2.66. The Balaban J connectivity index is 1.84. The van der Waals surface area contributed by atoms with Crippen molar-refractivity contribution >= 4 is 17.7 Å². The van der Waals surface area contributed by atoms with Crippen molar-refractivity contribution in [2.24, 2.45) is 5.92 Å². The summed E-state index contributed by atoms with van der Waals surface area (Å²) < 4.78 is 7.49. The lowest BCUT2D eigenvalue weighted by Crippen LogP contribution is -2.26. The van der Waals surface area contributed by atoms with Gasteiger partial charge >= 0.3 is 0 Å². The molecule has 3 rings (SSSR count). The van der Waals surface area contributed by atoms with Gasteiger partial charge in [-0.1, -0.05) is 31.5 Å². The molecule has 1 aromatic carbocycles. The van der Waals surface area contributed by atoms with E-state index in [4.69, 9.17) is 10.00 Å². The molecule has 1 aromatic heterocycles. The number of methoxy groups -OCH3 is 1. The molecule has 154 valence electrons. The van der Waals surface area contributed by atoms with Crippen molar-refractivity contribution in [3.63, 3.8) is 0 Å². The van der Waals surface area contributed by atoms with Crippen LogP contribution in [0.4, 0.5) is 0 Å². The van der Waals surface area contributed by atoms with Crippen LogP contribution in [0.2, 0.25) is 0 Å². The molecular formula is C21H27N5O2S. The summed E-state index contributed by atoms with van der Waals surface area (Å²) >= 11 is 1.40. The van der Waals surface area contributed by atoms with Gasteiger partial charge in [-0.25, -0.2) is 0 Å². The molecule has 1 N–H and O–H groups in total. The highest BCUT2D eigenvalue weighted by atomic mass is 32.2. The number of benzene rings is 1. The van der Waals surface area contributed by atoms with Gasteiger partial charge in [-0.3, -0.25) is 9.36 Å². The number of hydrogen-bond donors (Lipinski definition) is 1. The standard InChI is InChI=1S/C21H27N5O2S/c1-15-6-3-4-7-18(15)26-20(16-8-10-17(28-2)11-9-16)24-25-21(26)29-14-19(27)23-13-5-12-22/h8-11,15,18H,3-7,13-14H2,1-2H3,(H,23,27)/t15-,18+/m0/s1. The zero-order chi connectivity index (χ0) is 20.6. The van der Waals surface area contributed by atoms with Gasteiger partial charge in [0.15, 0.2) is 11.0 Å². The van der Waals surface area contributed by atoms with E-state index in [1.807, 2.05) is 30.3 Å². The number of thioether (sulfide) groups is 1. The smallest absolute Gasteiger partial charge is 0.230 e. The Morgan fingerprint density at radius 1 is 1.31 bits per heavy atom. The van der Waals surface area contributed by atoms with Crippen LogP contribution < -0.4 is 10.1 Å². The number of nitrogens with zero attached hydrogens (tertiary/aromatic N) is 4. The van der Waals surface area contributed by atoms with E-state index in [1.54, 1.807) is 7.11 Å². The molecule has 1 amide bonds. The van der Waals surface area contributed by atoms with Gasteiger partial charge in [-0.2, -0.15) is 5.26 Å². The lowest BCUT2D eigenvalue weighted by Gasteiger charge is -2.31. The largest absolute Gasteiger partial charge is 0.497 e. The Labute approximate surface area is 175 Å². The molecule has 1 fully saturated rings. The quantitative estimate of drug-likeness (QED) is 0.522. The van der Waals surface area contributed by atoms with Gasteiger partial charge < -0.3 is 10.1 Å². The number of carbonyl (C=O) groups excluding carboxylic acids is 1. The highest BCUT2D eigenvalue weighted by Crippen LogP contribution is 2.39. The topological polar surface area (TPSA) is 92.8 Å². The zero-order valence-electron chi connectivity index (χ0n) is 16.9. The number of ether oxygens (including phenoxy) is 1. The molecule has 0 saturated heterocycles. The highest BCUT2D eigenvalue weighted by molar-refractivity contribution is 7.99. The monoisotopic (exact) mass is 413 g/mol. The number of amides is 1. The number of aromatic nitrogens is 3. The SMILES string of the molecule is COc1ccc(-c2nnc(SCC(=O)NCCC#N)n2[C@@H]2CCCC[C@@H]2C)cc1. The van der Waals surface area contributed by atoms with Crippen LogP contribution >= 0.6 is 11.8 Å². The van der Waals surface area contributed by atoms with Crippen LogP contribution in [0.1, 0.15) is 45.1 Å². The first-order chi connectivity index (χ1) is 14.1. The average Bonchev–Trinajstić information content (AvgIpc) is 3.16. The normalized spacial score (nSPS) is 18.8. The maximum absolute atomic E-state index is 12.1. The second-order valence-corrected chi connectivity index (χ2v) is 8.22. The molecule has 2 aromatic rings. The minimum absolute atomic E-state index is 0.0949. The predicted molar refractivity (Wildman–Crippen MR) is 113 cm³/mol. The number of hydrogen-bond acceptors (Lipinski definition) is 6. The fraction of sp³-hybridized carbons (Fsp3) is 0.524. The van der Waals surface area contributed by atoms with Crippen molar-refractivity contribution in [3.8, 4) is 23.2 Å². The van der Waals surface area contributed by atoms with Crippen LogP contribution in [0.25, 0.3) is 11.4 Å². The van der Waals surface area contributed by atoms with E-state index in [0.717, 1.165) is 28.7 Å². The minimum Gasteiger partial charge on any atom is -0.497 e. The Bertz CT molecular complexity index is 859. The fourth-order valence-electron chi connectivity index (χ4n) is 3.73. The van der Waals surface area contributed by atoms with Crippen molar-refractivity contribution < 1.29 is 9.53 Å². The molecule has 7 nitrogen and oxygen atoms in total. The van der Waals surface area contributed by atoms with Crippen molar-refractivity contribution in [2.75, 3.05) is 19.4 Å². The summed E-state index contributed by atoms with van der Waals surface area (Å²) in [5, 5.41) is 21.0. The van der Waals surface area contributed by atoms with E-state index in [-0.39, 0.29) is 11.7 Å². The maximum atomic E-state index is 12.1. The van der Waals surface area contributed by atoms with E-state index >= 15 is 0 Å². The average molecular weight is 414 g/mol. The van der Waals surface area contributed by atoms with E-state index in [1.165, 1.54) is 31.0 Å². The van der Waals surface area contributed by atoms with Crippen molar-refractivity contribution in [2.45, 2.75) is 50.2 Å². The Hall–Kier alpha value is -2.53. The summed E-state index contributed by atoms with van der Waals surface area (Å²) in [6, 6.07) is 10.2. The number of nitrogens with one attached hydrogen (secondary N) is 1. The molecule has 1 aliphatic carbocycles. The van der Waals surface area contributed by atoms with Crippen molar-refractivity contribution in [3.05, 3.63) is 24.3 Å². The second-order valence-electron chi connectivity index (χ2n) is 7.28. The summed E-state index contributed by atoms with van der Waals surface area (Å²) in [6.07, 6.45) is 5.02. The molecule has 1 heterocycles. The van der Waals surface area contributed by atoms with Gasteiger partial charge in [-0.05, 0) is 43.0 Å². The molecule has 0 unspecified atom stereocenters. The third-order valence-corrected chi connectivity index (χ3v) is 6.25. The lowest BCUT2D eigenvalue weighted by atomic mass is 9.85. The molecule has 1 saturated carbocycles. The van der Waals surface area contributed by atoms with Gasteiger partial charge in [0.2, 0.25) is 5.91 Å². The highest BCUT2D eigenvalue weighted by Gasteiger charge is 2.28. The summed E-state index contributed by atoms with van der Waals surface area (Å²) in [5.41, 5.74) is 0.987.